The van der Waals surface area contributed by atoms with Crippen LogP contribution in [0.1, 0.15) is 13.8 Å². The van der Waals surface area contributed by atoms with Crippen LogP contribution in [-0.2, 0) is 0 Å². The summed E-state index contributed by atoms with van der Waals surface area (Å²) in [7, 11) is 0. The van der Waals surface area contributed by atoms with Gasteiger partial charge in [0.25, 0.3) is 0 Å². The normalized spacial score (nSPS) is 10.4. The van der Waals surface area contributed by atoms with Crippen molar-refractivity contribution in [2.75, 3.05) is 11.4 Å². The van der Waals surface area contributed by atoms with Gasteiger partial charge in [0.15, 0.2) is 0 Å². The van der Waals surface area contributed by atoms with Crippen LogP contribution in [0.4, 0.5) is 10.5 Å². The van der Waals surface area contributed by atoms with Crippen LogP contribution in [0, 0.1) is 5.92 Å². The Morgan fingerprint density at radius 1 is 1.47 bits per heavy atom. The van der Waals surface area contributed by atoms with E-state index in [1.54, 1.807) is 24.3 Å². The largest absolute Gasteiger partial charge is 0.465 e. The summed E-state index contributed by atoms with van der Waals surface area (Å²) in [6.07, 6.45) is -0.975. The van der Waals surface area contributed by atoms with Crippen molar-refractivity contribution < 1.29 is 9.90 Å². The molecule has 0 atom stereocenters. The fourth-order valence-corrected chi connectivity index (χ4v) is 1.55. The minimum Gasteiger partial charge on any atom is -0.465 e. The van der Waals surface area contributed by atoms with Crippen LogP contribution >= 0.6 is 11.6 Å². The Kier molecular flexibility index (Phi) is 3.97. The first kappa shape index (κ1) is 11.9. The molecule has 0 spiro atoms. The number of anilines is 1. The van der Waals surface area contributed by atoms with E-state index in [0.29, 0.717) is 17.3 Å². The summed E-state index contributed by atoms with van der Waals surface area (Å²) >= 11 is 5.94. The third-order valence-corrected chi connectivity index (χ3v) is 2.24. The predicted molar refractivity (Wildman–Crippen MR) is 61.7 cm³/mol. The zero-order valence-corrected chi connectivity index (χ0v) is 9.53. The highest BCUT2D eigenvalue weighted by molar-refractivity contribution is 6.33. The van der Waals surface area contributed by atoms with Crippen molar-refractivity contribution >= 4 is 23.4 Å². The van der Waals surface area contributed by atoms with Gasteiger partial charge in [-0.2, -0.15) is 0 Å². The lowest BCUT2D eigenvalue weighted by atomic mass is 10.2. The maximum atomic E-state index is 11.1. The van der Waals surface area contributed by atoms with Gasteiger partial charge in [0, 0.05) is 6.54 Å². The Hall–Kier alpha value is -1.22. The minimum absolute atomic E-state index is 0.261. The molecule has 3 nitrogen and oxygen atoms in total. The molecule has 1 aromatic carbocycles. The van der Waals surface area contributed by atoms with Crippen molar-refractivity contribution in [1.82, 2.24) is 0 Å². The number of nitrogens with zero attached hydrogens (tertiary/aromatic N) is 1. The van der Waals surface area contributed by atoms with Crippen molar-refractivity contribution in [3.05, 3.63) is 29.3 Å². The van der Waals surface area contributed by atoms with Crippen LogP contribution < -0.4 is 4.90 Å². The second kappa shape index (κ2) is 5.03. The quantitative estimate of drug-likeness (QED) is 0.859. The maximum Gasteiger partial charge on any atom is 0.411 e. The van der Waals surface area contributed by atoms with Crippen molar-refractivity contribution in [1.29, 1.82) is 0 Å². The fourth-order valence-electron chi connectivity index (χ4n) is 1.32. The van der Waals surface area contributed by atoms with Gasteiger partial charge in [0.1, 0.15) is 0 Å². The SMILES string of the molecule is CC(C)CN(C(=O)O)c1ccccc1Cl. The van der Waals surface area contributed by atoms with Crippen LogP contribution in [0.5, 0.6) is 0 Å². The van der Waals surface area contributed by atoms with Crippen LogP contribution in [0.25, 0.3) is 0 Å². The van der Waals surface area contributed by atoms with Gasteiger partial charge in [0.05, 0.1) is 10.7 Å². The lowest BCUT2D eigenvalue weighted by molar-refractivity contribution is 0.201. The number of hydrogen-bond donors (Lipinski definition) is 1. The van der Waals surface area contributed by atoms with E-state index in [1.165, 1.54) is 4.90 Å². The molecule has 0 aliphatic rings. The highest BCUT2D eigenvalue weighted by atomic mass is 35.5. The van der Waals surface area contributed by atoms with E-state index >= 15 is 0 Å². The molecular formula is C11H14ClNO2. The Morgan fingerprint density at radius 3 is 2.53 bits per heavy atom. The molecule has 0 aliphatic carbocycles. The average molecular weight is 228 g/mol. The molecule has 0 fully saturated rings. The minimum atomic E-state index is -0.975. The summed E-state index contributed by atoms with van der Waals surface area (Å²) in [6, 6.07) is 6.95. The first-order chi connectivity index (χ1) is 7.02. The monoisotopic (exact) mass is 227 g/mol. The van der Waals surface area contributed by atoms with Gasteiger partial charge in [-0.3, -0.25) is 4.90 Å². The molecule has 1 aromatic rings. The molecule has 4 heteroatoms. The van der Waals surface area contributed by atoms with Gasteiger partial charge >= 0.3 is 6.09 Å². The number of carbonyl (C=O) groups is 1. The maximum absolute atomic E-state index is 11.1. The smallest absolute Gasteiger partial charge is 0.411 e. The summed E-state index contributed by atoms with van der Waals surface area (Å²) < 4.78 is 0. The van der Waals surface area contributed by atoms with E-state index in [-0.39, 0.29) is 5.92 Å². The average Bonchev–Trinajstić information content (AvgIpc) is 2.15. The molecule has 15 heavy (non-hydrogen) atoms. The number of para-hydroxylation sites is 1. The number of hydrogen-bond acceptors (Lipinski definition) is 1. The Labute approximate surface area is 94.3 Å². The van der Waals surface area contributed by atoms with Crippen molar-refractivity contribution in [2.45, 2.75) is 13.8 Å². The predicted octanol–water partition coefficient (Wildman–Crippen LogP) is 3.48. The van der Waals surface area contributed by atoms with Crippen molar-refractivity contribution in [2.24, 2.45) is 5.92 Å². The summed E-state index contributed by atoms with van der Waals surface area (Å²) in [5.74, 6) is 0.261. The summed E-state index contributed by atoms with van der Waals surface area (Å²) in [5.41, 5.74) is 0.542. The van der Waals surface area contributed by atoms with Gasteiger partial charge in [-0.1, -0.05) is 37.6 Å². The van der Waals surface area contributed by atoms with Gasteiger partial charge in [-0.15, -0.1) is 0 Å². The lowest BCUT2D eigenvalue weighted by Gasteiger charge is -2.22. The van der Waals surface area contributed by atoms with Crippen molar-refractivity contribution in [3.63, 3.8) is 0 Å². The second-order valence-corrected chi connectivity index (χ2v) is 4.15. The van der Waals surface area contributed by atoms with E-state index in [0.717, 1.165) is 0 Å². The number of benzene rings is 1. The van der Waals surface area contributed by atoms with Gasteiger partial charge in [-0.25, -0.2) is 4.79 Å². The molecule has 0 aromatic heterocycles. The van der Waals surface area contributed by atoms with Crippen molar-refractivity contribution in [3.8, 4) is 0 Å². The third-order valence-electron chi connectivity index (χ3n) is 1.92. The van der Waals surface area contributed by atoms with E-state index in [9.17, 15) is 4.79 Å². The highest BCUT2D eigenvalue weighted by Crippen LogP contribution is 2.25. The van der Waals surface area contributed by atoms with Crippen LogP contribution in [-0.4, -0.2) is 17.7 Å². The summed E-state index contributed by atoms with van der Waals surface area (Å²) in [4.78, 5) is 12.3. The lowest BCUT2D eigenvalue weighted by Crippen LogP contribution is -2.32. The fraction of sp³-hybridized carbons (Fsp3) is 0.364. The summed E-state index contributed by atoms with van der Waals surface area (Å²) in [5, 5.41) is 9.53. The molecular weight excluding hydrogens is 214 g/mol. The van der Waals surface area contributed by atoms with E-state index < -0.39 is 6.09 Å². The van der Waals surface area contributed by atoms with Crippen LogP contribution in [0.2, 0.25) is 5.02 Å². The molecule has 1 N–H and O–H groups in total. The van der Waals surface area contributed by atoms with Crippen LogP contribution in [0.15, 0.2) is 24.3 Å². The number of carboxylic acid groups (broad SMARTS) is 1. The van der Waals surface area contributed by atoms with Gasteiger partial charge in [-0.05, 0) is 18.1 Å². The molecule has 0 unspecified atom stereocenters. The Morgan fingerprint density at radius 2 is 2.07 bits per heavy atom. The van der Waals surface area contributed by atoms with E-state index in [2.05, 4.69) is 0 Å². The van der Waals surface area contributed by atoms with Gasteiger partial charge in [0.2, 0.25) is 0 Å². The standard InChI is InChI=1S/C11H14ClNO2/c1-8(2)7-13(11(14)15)10-6-4-3-5-9(10)12/h3-6,8H,7H2,1-2H3,(H,14,15). The first-order valence-electron chi connectivity index (χ1n) is 4.77. The molecule has 82 valence electrons. The molecule has 1 amide bonds. The third kappa shape index (κ3) is 3.13. The molecule has 0 saturated heterocycles. The molecule has 0 aliphatic heterocycles. The van der Waals surface area contributed by atoms with E-state index in [4.69, 9.17) is 16.7 Å². The zero-order valence-electron chi connectivity index (χ0n) is 8.77. The highest BCUT2D eigenvalue weighted by Gasteiger charge is 2.17. The van der Waals surface area contributed by atoms with Crippen LogP contribution in [0.3, 0.4) is 0 Å². The zero-order chi connectivity index (χ0) is 11.4. The second-order valence-electron chi connectivity index (χ2n) is 3.74. The topological polar surface area (TPSA) is 40.5 Å². The molecule has 0 saturated carbocycles. The number of rotatable bonds is 3. The number of halogens is 1. The number of amides is 1. The molecule has 0 radical (unpaired) electrons. The van der Waals surface area contributed by atoms with Gasteiger partial charge < -0.3 is 5.11 Å². The van der Waals surface area contributed by atoms with E-state index in [1.807, 2.05) is 13.8 Å². The Balaban J connectivity index is 2.99. The Bertz CT molecular complexity index is 352. The molecule has 0 heterocycles. The molecule has 0 bridgehead atoms. The first-order valence-corrected chi connectivity index (χ1v) is 5.15. The summed E-state index contributed by atoms with van der Waals surface area (Å²) in [6.45, 7) is 4.37. The molecule has 1 rings (SSSR count).